The van der Waals surface area contributed by atoms with Gasteiger partial charge in [-0.1, -0.05) is 0 Å². The Morgan fingerprint density at radius 3 is 3.00 bits per heavy atom. The van der Waals surface area contributed by atoms with Crippen LogP contribution in [-0.4, -0.2) is 36.0 Å². The number of fused-ring (bicyclic) bond motifs is 2. The van der Waals surface area contributed by atoms with E-state index in [2.05, 4.69) is 20.3 Å². The molecule has 0 N–H and O–H groups in total. The van der Waals surface area contributed by atoms with Gasteiger partial charge >= 0.3 is 0 Å². The largest absolute Gasteiger partial charge is 0.493 e. The fourth-order valence-electron chi connectivity index (χ4n) is 3.57. The summed E-state index contributed by atoms with van der Waals surface area (Å²) in [4.78, 5) is 4.57. The van der Waals surface area contributed by atoms with Gasteiger partial charge in [0, 0.05) is 24.6 Å². The number of benzene rings is 1. The van der Waals surface area contributed by atoms with Crippen LogP contribution in [-0.2, 0) is 19.3 Å². The molecule has 1 aliphatic rings. The summed E-state index contributed by atoms with van der Waals surface area (Å²) in [5, 5.41) is 12.6. The number of aromatic nitrogens is 6. The van der Waals surface area contributed by atoms with E-state index in [0.29, 0.717) is 30.7 Å². The van der Waals surface area contributed by atoms with Gasteiger partial charge in [0.1, 0.15) is 29.4 Å². The van der Waals surface area contributed by atoms with Crippen LogP contribution in [0.2, 0.25) is 0 Å². The molecular formula is C19H17FN6O. The van der Waals surface area contributed by atoms with Crippen molar-refractivity contribution in [2.24, 2.45) is 0 Å². The average Bonchev–Trinajstić information content (AvgIpc) is 3.40. The van der Waals surface area contributed by atoms with Crippen LogP contribution in [0.25, 0.3) is 11.3 Å². The zero-order valence-corrected chi connectivity index (χ0v) is 14.8. The second-order valence-electron chi connectivity index (χ2n) is 6.65. The molecule has 5 rings (SSSR count). The van der Waals surface area contributed by atoms with E-state index in [1.807, 2.05) is 17.5 Å². The van der Waals surface area contributed by atoms with Crippen molar-refractivity contribution in [3.63, 3.8) is 0 Å². The Morgan fingerprint density at radius 1 is 1.22 bits per heavy atom. The molecule has 136 valence electrons. The molecule has 0 saturated carbocycles. The maximum atomic E-state index is 14.4. The molecular weight excluding hydrogens is 347 g/mol. The molecule has 27 heavy (non-hydrogen) atoms. The molecule has 0 amide bonds. The maximum absolute atomic E-state index is 14.4. The number of nitrogens with zero attached hydrogens (tertiary/aromatic N) is 6. The van der Waals surface area contributed by atoms with Crippen LogP contribution >= 0.6 is 0 Å². The van der Waals surface area contributed by atoms with Gasteiger partial charge in [0.25, 0.3) is 0 Å². The predicted molar refractivity (Wildman–Crippen MR) is 95.6 cm³/mol. The van der Waals surface area contributed by atoms with Crippen LogP contribution in [0.5, 0.6) is 5.75 Å². The SMILES string of the molecule is Cc1cnn(-c2cnc(CCc3c(F)ccc4c3CCO4)n3cnnc23)c1. The van der Waals surface area contributed by atoms with E-state index in [0.717, 1.165) is 34.8 Å². The van der Waals surface area contributed by atoms with Gasteiger partial charge in [-0.2, -0.15) is 5.10 Å². The molecule has 8 heteroatoms. The lowest BCUT2D eigenvalue weighted by Crippen LogP contribution is -2.08. The quantitative estimate of drug-likeness (QED) is 0.556. The number of ether oxygens (including phenoxy) is 1. The third kappa shape index (κ3) is 2.64. The Labute approximate surface area is 154 Å². The van der Waals surface area contributed by atoms with Crippen molar-refractivity contribution in [2.75, 3.05) is 6.61 Å². The topological polar surface area (TPSA) is 70.1 Å². The first-order valence-corrected chi connectivity index (χ1v) is 8.83. The van der Waals surface area contributed by atoms with Gasteiger partial charge in [-0.05, 0) is 36.6 Å². The second-order valence-corrected chi connectivity index (χ2v) is 6.65. The second kappa shape index (κ2) is 6.15. The lowest BCUT2D eigenvalue weighted by atomic mass is 10.00. The molecule has 0 bridgehead atoms. The minimum absolute atomic E-state index is 0.192. The summed E-state index contributed by atoms with van der Waals surface area (Å²) >= 11 is 0. The molecule has 0 spiro atoms. The molecule has 0 atom stereocenters. The Morgan fingerprint density at radius 2 is 2.15 bits per heavy atom. The Hall–Kier alpha value is -3.29. The van der Waals surface area contributed by atoms with Gasteiger partial charge in [0.05, 0.1) is 19.0 Å². The van der Waals surface area contributed by atoms with E-state index in [-0.39, 0.29) is 5.82 Å². The molecule has 4 heterocycles. The predicted octanol–water partition coefficient (Wildman–Crippen LogP) is 2.48. The first-order chi connectivity index (χ1) is 13.2. The fourth-order valence-corrected chi connectivity index (χ4v) is 3.57. The molecule has 1 aromatic carbocycles. The van der Waals surface area contributed by atoms with Crippen molar-refractivity contribution in [3.8, 4) is 11.4 Å². The Kier molecular flexibility index (Phi) is 3.63. The maximum Gasteiger partial charge on any atom is 0.189 e. The van der Waals surface area contributed by atoms with Gasteiger partial charge in [0.2, 0.25) is 0 Å². The highest BCUT2D eigenvalue weighted by Crippen LogP contribution is 2.31. The molecule has 4 aromatic rings. The van der Waals surface area contributed by atoms with Crippen LogP contribution in [0.4, 0.5) is 4.39 Å². The smallest absolute Gasteiger partial charge is 0.189 e. The zero-order valence-electron chi connectivity index (χ0n) is 14.8. The van der Waals surface area contributed by atoms with Crippen molar-refractivity contribution >= 4 is 5.65 Å². The molecule has 1 aliphatic heterocycles. The van der Waals surface area contributed by atoms with Gasteiger partial charge < -0.3 is 4.74 Å². The number of hydrogen-bond donors (Lipinski definition) is 0. The average molecular weight is 364 g/mol. The monoisotopic (exact) mass is 364 g/mol. The first-order valence-electron chi connectivity index (χ1n) is 8.83. The van der Waals surface area contributed by atoms with Gasteiger partial charge in [-0.25, -0.2) is 14.1 Å². The van der Waals surface area contributed by atoms with E-state index in [4.69, 9.17) is 4.74 Å². The standard InChI is InChI=1S/C19H17FN6O/c1-12-8-23-26(10-12)16-9-21-18(25-11-22-24-19(16)25)5-2-13-14-6-7-27-17(14)4-3-15(13)20/h3-4,8-11H,2,5-7H2,1H3. The molecule has 0 radical (unpaired) electrons. The van der Waals surface area contributed by atoms with Crippen molar-refractivity contribution in [2.45, 2.75) is 26.2 Å². The number of aryl methyl sites for hydroxylation is 2. The van der Waals surface area contributed by atoms with Crippen LogP contribution < -0.4 is 4.74 Å². The minimum atomic E-state index is -0.192. The summed E-state index contributed by atoms with van der Waals surface area (Å²) in [7, 11) is 0. The summed E-state index contributed by atoms with van der Waals surface area (Å²) in [5.74, 6) is 1.37. The van der Waals surface area contributed by atoms with Crippen LogP contribution in [0.1, 0.15) is 22.5 Å². The third-order valence-corrected chi connectivity index (χ3v) is 4.89. The number of halogens is 1. The molecule has 0 unspecified atom stereocenters. The lowest BCUT2D eigenvalue weighted by molar-refractivity contribution is 0.356. The third-order valence-electron chi connectivity index (χ3n) is 4.89. The summed E-state index contributed by atoms with van der Waals surface area (Å²) in [6, 6.07) is 3.18. The number of hydrogen-bond acceptors (Lipinski definition) is 5. The molecule has 0 saturated heterocycles. The van der Waals surface area contributed by atoms with Crippen LogP contribution in [0.3, 0.4) is 0 Å². The van der Waals surface area contributed by atoms with Crippen molar-refractivity contribution < 1.29 is 9.13 Å². The van der Waals surface area contributed by atoms with Crippen LogP contribution in [0.15, 0.2) is 37.1 Å². The fraction of sp³-hybridized carbons (Fsp3) is 0.263. The van der Waals surface area contributed by atoms with Gasteiger partial charge in [-0.3, -0.25) is 4.40 Å². The molecule has 0 fully saturated rings. The van der Waals surface area contributed by atoms with E-state index in [9.17, 15) is 4.39 Å². The highest BCUT2D eigenvalue weighted by molar-refractivity contribution is 5.57. The summed E-state index contributed by atoms with van der Waals surface area (Å²) in [6.07, 6.45) is 8.91. The Balaban J connectivity index is 1.49. The van der Waals surface area contributed by atoms with Crippen molar-refractivity contribution in [3.05, 3.63) is 65.4 Å². The van der Waals surface area contributed by atoms with Crippen LogP contribution in [0, 0.1) is 12.7 Å². The number of rotatable bonds is 4. The van der Waals surface area contributed by atoms with E-state index in [1.54, 1.807) is 29.5 Å². The lowest BCUT2D eigenvalue weighted by Gasteiger charge is -2.10. The van der Waals surface area contributed by atoms with E-state index < -0.39 is 0 Å². The highest BCUT2D eigenvalue weighted by Gasteiger charge is 2.20. The van der Waals surface area contributed by atoms with Crippen molar-refractivity contribution in [1.29, 1.82) is 0 Å². The van der Waals surface area contributed by atoms with Gasteiger partial charge in [0.15, 0.2) is 5.65 Å². The summed E-state index contributed by atoms with van der Waals surface area (Å²) in [5.41, 5.74) is 4.15. The first kappa shape index (κ1) is 15.9. The van der Waals surface area contributed by atoms with E-state index in [1.165, 1.54) is 6.07 Å². The molecule has 7 nitrogen and oxygen atoms in total. The molecule has 3 aromatic heterocycles. The van der Waals surface area contributed by atoms with E-state index >= 15 is 0 Å². The highest BCUT2D eigenvalue weighted by atomic mass is 19.1. The van der Waals surface area contributed by atoms with Gasteiger partial charge in [-0.15, -0.1) is 10.2 Å². The summed E-state index contributed by atoms with van der Waals surface area (Å²) < 4.78 is 23.5. The normalized spacial score (nSPS) is 13.1. The minimum Gasteiger partial charge on any atom is -0.493 e. The molecule has 0 aliphatic carbocycles. The zero-order chi connectivity index (χ0) is 18.4. The Bertz CT molecular complexity index is 1150. The summed E-state index contributed by atoms with van der Waals surface area (Å²) in [6.45, 7) is 2.58. The van der Waals surface area contributed by atoms with Crippen molar-refractivity contribution in [1.82, 2.24) is 29.4 Å².